The summed E-state index contributed by atoms with van der Waals surface area (Å²) in [6.45, 7) is 1.68. The molecule has 1 amide bonds. The van der Waals surface area contributed by atoms with Gasteiger partial charge in [-0.15, -0.1) is 0 Å². The summed E-state index contributed by atoms with van der Waals surface area (Å²) in [7, 11) is 1.64. The molecule has 10 heteroatoms. The molecule has 1 saturated heterocycles. The zero-order valence-corrected chi connectivity index (χ0v) is 12.8. The van der Waals surface area contributed by atoms with Crippen molar-refractivity contribution in [3.63, 3.8) is 0 Å². The normalized spacial score (nSPS) is 28.5. The van der Waals surface area contributed by atoms with E-state index in [4.69, 9.17) is 10.5 Å². The third-order valence-corrected chi connectivity index (χ3v) is 3.77. The van der Waals surface area contributed by atoms with Crippen LogP contribution in [0.1, 0.15) is 13.2 Å². The average molecular weight is 327 g/mol. The van der Waals surface area contributed by atoms with Gasteiger partial charge in [0, 0.05) is 12.7 Å². The summed E-state index contributed by atoms with van der Waals surface area (Å²) in [6, 6.07) is 0.978. The van der Waals surface area contributed by atoms with Crippen LogP contribution in [-0.2, 0) is 9.53 Å². The Labute approximate surface area is 132 Å². The Morgan fingerprint density at radius 3 is 2.83 bits per heavy atom. The molecule has 0 saturated carbocycles. The first-order chi connectivity index (χ1) is 10.8. The van der Waals surface area contributed by atoms with Crippen molar-refractivity contribution in [1.29, 1.82) is 0 Å². The Kier molecular flexibility index (Phi) is 5.31. The van der Waals surface area contributed by atoms with Crippen molar-refractivity contribution in [2.45, 2.75) is 37.5 Å². The molecule has 1 aliphatic heterocycles. The fourth-order valence-electron chi connectivity index (χ4n) is 2.23. The number of nitrogens with one attached hydrogen (secondary N) is 2. The van der Waals surface area contributed by atoms with Crippen LogP contribution in [0.5, 0.6) is 0 Å². The summed E-state index contributed by atoms with van der Waals surface area (Å²) in [5, 5.41) is 25.5. The molecule has 0 aromatic carbocycles. The number of nitrogens with zero attached hydrogens (tertiary/aromatic N) is 2. The van der Waals surface area contributed by atoms with Gasteiger partial charge >= 0.3 is 5.69 Å². The second kappa shape index (κ2) is 7.04. The third kappa shape index (κ3) is 3.67. The molecule has 0 radical (unpaired) electrons. The van der Waals surface area contributed by atoms with E-state index in [1.165, 1.54) is 12.3 Å². The number of nitrogen functional groups attached to an aromatic ring is 1. The molecule has 0 unspecified atom stereocenters. The van der Waals surface area contributed by atoms with Crippen molar-refractivity contribution in [2.75, 3.05) is 19.3 Å². The maximum absolute atomic E-state index is 11.8. The van der Waals surface area contributed by atoms with Crippen molar-refractivity contribution in [2.24, 2.45) is 0 Å². The number of aliphatic hydroxyl groups is 2. The second-order valence-corrected chi connectivity index (χ2v) is 5.34. The maximum atomic E-state index is 11.8. The Balaban J connectivity index is 2.06. The molecule has 0 bridgehead atoms. The summed E-state index contributed by atoms with van der Waals surface area (Å²) >= 11 is 0. The highest BCUT2D eigenvalue weighted by molar-refractivity contribution is 5.81. The number of anilines is 1. The largest absolute Gasteiger partial charge is 0.387 e. The third-order valence-electron chi connectivity index (χ3n) is 3.77. The highest BCUT2D eigenvalue weighted by Crippen LogP contribution is 2.28. The van der Waals surface area contributed by atoms with Crippen LogP contribution >= 0.6 is 0 Å². The maximum Gasteiger partial charge on any atom is 0.351 e. The minimum Gasteiger partial charge on any atom is -0.387 e. The van der Waals surface area contributed by atoms with E-state index in [2.05, 4.69) is 15.6 Å². The number of carbonyl (C=O) groups excluding carboxylic acids is 1. The first-order valence-corrected chi connectivity index (χ1v) is 7.16. The van der Waals surface area contributed by atoms with E-state index < -0.39 is 36.3 Å². The molecule has 5 atom stereocenters. The van der Waals surface area contributed by atoms with Crippen molar-refractivity contribution >= 4 is 11.7 Å². The predicted octanol–water partition coefficient (Wildman–Crippen LogP) is -2.83. The molecule has 2 rings (SSSR count). The Morgan fingerprint density at radius 1 is 1.52 bits per heavy atom. The van der Waals surface area contributed by atoms with Gasteiger partial charge in [-0.2, -0.15) is 4.98 Å². The van der Waals surface area contributed by atoms with Gasteiger partial charge in [-0.05, 0) is 20.0 Å². The fourth-order valence-corrected chi connectivity index (χ4v) is 2.23. The molecule has 1 aromatic rings. The first-order valence-electron chi connectivity index (χ1n) is 7.16. The molecule has 2 heterocycles. The Bertz CT molecular complexity index is 621. The Hall–Kier alpha value is -2.01. The zero-order chi connectivity index (χ0) is 17.1. The zero-order valence-electron chi connectivity index (χ0n) is 12.8. The van der Waals surface area contributed by atoms with Gasteiger partial charge in [-0.1, -0.05) is 0 Å². The van der Waals surface area contributed by atoms with Crippen LogP contribution in [0.4, 0.5) is 5.82 Å². The van der Waals surface area contributed by atoms with Gasteiger partial charge in [0.2, 0.25) is 5.91 Å². The number of rotatable bonds is 5. The van der Waals surface area contributed by atoms with Crippen molar-refractivity contribution in [1.82, 2.24) is 20.2 Å². The van der Waals surface area contributed by atoms with Gasteiger partial charge in [0.1, 0.15) is 24.1 Å². The van der Waals surface area contributed by atoms with Crippen LogP contribution in [0.25, 0.3) is 0 Å². The summed E-state index contributed by atoms with van der Waals surface area (Å²) in [6.07, 6.45) is -3.21. The standard InChI is InChI=1S/C13H21N5O5/c1-6(15-2)11(21)16-5-7-9(19)10(20)12(23-7)18-4-3-8(14)17-13(18)22/h3-4,6-7,9-10,12,15,19-20H,5H2,1-2H3,(H,16,21)(H2,14,17,22)/t6-,7-,9-,10-,12-/m1/s1. The number of likely N-dealkylation sites (N-methyl/N-ethyl adjacent to an activating group) is 1. The first kappa shape index (κ1) is 17.3. The highest BCUT2D eigenvalue weighted by atomic mass is 16.6. The Morgan fingerprint density at radius 2 is 2.22 bits per heavy atom. The van der Waals surface area contributed by atoms with E-state index in [1.54, 1.807) is 14.0 Å². The van der Waals surface area contributed by atoms with Gasteiger partial charge in [0.25, 0.3) is 0 Å². The smallest absolute Gasteiger partial charge is 0.351 e. The van der Waals surface area contributed by atoms with E-state index in [0.29, 0.717) is 0 Å². The van der Waals surface area contributed by atoms with Crippen LogP contribution in [0, 0.1) is 0 Å². The van der Waals surface area contributed by atoms with Gasteiger partial charge in [0.05, 0.1) is 6.04 Å². The molecular weight excluding hydrogens is 306 g/mol. The lowest BCUT2D eigenvalue weighted by atomic mass is 10.1. The van der Waals surface area contributed by atoms with E-state index in [1.807, 2.05) is 0 Å². The topological polar surface area (TPSA) is 152 Å². The molecule has 1 aliphatic rings. The lowest BCUT2D eigenvalue weighted by molar-refractivity contribution is -0.123. The minimum absolute atomic E-state index is 0.00324. The molecule has 1 aromatic heterocycles. The summed E-state index contributed by atoms with van der Waals surface area (Å²) < 4.78 is 6.55. The molecule has 0 aliphatic carbocycles. The number of aromatic nitrogens is 2. The monoisotopic (exact) mass is 327 g/mol. The summed E-state index contributed by atoms with van der Waals surface area (Å²) in [5.74, 6) is -0.225. The molecule has 6 N–H and O–H groups in total. The number of carbonyl (C=O) groups is 1. The molecular formula is C13H21N5O5. The van der Waals surface area contributed by atoms with Crippen molar-refractivity contribution in [3.8, 4) is 0 Å². The van der Waals surface area contributed by atoms with Gasteiger partial charge in [-0.25, -0.2) is 4.79 Å². The van der Waals surface area contributed by atoms with Crippen LogP contribution < -0.4 is 22.1 Å². The number of aliphatic hydroxyl groups excluding tert-OH is 2. The van der Waals surface area contributed by atoms with Crippen molar-refractivity contribution < 1.29 is 19.7 Å². The molecule has 1 fully saturated rings. The lowest BCUT2D eigenvalue weighted by Crippen LogP contribution is -2.45. The fraction of sp³-hybridized carbons (Fsp3) is 0.615. The summed E-state index contributed by atoms with van der Waals surface area (Å²) in [5.41, 5.74) is 4.71. The van der Waals surface area contributed by atoms with E-state index in [-0.39, 0.29) is 18.3 Å². The molecule has 128 valence electrons. The van der Waals surface area contributed by atoms with Gasteiger partial charge in [-0.3, -0.25) is 9.36 Å². The van der Waals surface area contributed by atoms with E-state index in [0.717, 1.165) is 4.57 Å². The van der Waals surface area contributed by atoms with Crippen molar-refractivity contribution in [3.05, 3.63) is 22.7 Å². The average Bonchev–Trinajstić information content (AvgIpc) is 2.80. The lowest BCUT2D eigenvalue weighted by Gasteiger charge is -2.17. The number of hydrogen-bond donors (Lipinski definition) is 5. The molecule has 23 heavy (non-hydrogen) atoms. The second-order valence-electron chi connectivity index (χ2n) is 5.34. The van der Waals surface area contributed by atoms with E-state index >= 15 is 0 Å². The van der Waals surface area contributed by atoms with Crippen LogP contribution in [0.15, 0.2) is 17.1 Å². The quantitative estimate of drug-likeness (QED) is 0.388. The number of ether oxygens (including phenoxy) is 1. The predicted molar refractivity (Wildman–Crippen MR) is 80.4 cm³/mol. The minimum atomic E-state index is -1.33. The molecule has 10 nitrogen and oxygen atoms in total. The summed E-state index contributed by atoms with van der Waals surface area (Å²) in [4.78, 5) is 27.1. The van der Waals surface area contributed by atoms with Gasteiger partial charge < -0.3 is 31.3 Å². The van der Waals surface area contributed by atoms with Crippen LogP contribution in [0.3, 0.4) is 0 Å². The number of amides is 1. The molecule has 0 spiro atoms. The van der Waals surface area contributed by atoms with Crippen LogP contribution in [-0.4, -0.2) is 63.6 Å². The highest BCUT2D eigenvalue weighted by Gasteiger charge is 2.44. The van der Waals surface area contributed by atoms with Crippen LogP contribution in [0.2, 0.25) is 0 Å². The number of nitrogens with two attached hydrogens (primary N) is 1. The number of hydrogen-bond acceptors (Lipinski definition) is 8. The van der Waals surface area contributed by atoms with E-state index in [9.17, 15) is 19.8 Å². The SMILES string of the molecule is CN[C@H](C)C(=O)NC[C@H]1O[C@@H](n2ccc(N)nc2=O)[C@H](O)[C@@H]1O. The van der Waals surface area contributed by atoms with Gasteiger partial charge in [0.15, 0.2) is 6.23 Å².